The van der Waals surface area contributed by atoms with Crippen molar-refractivity contribution in [2.45, 2.75) is 23.0 Å². The number of nitrogens with zero attached hydrogens (tertiary/aromatic N) is 1. The summed E-state index contributed by atoms with van der Waals surface area (Å²) < 4.78 is 19.0. The van der Waals surface area contributed by atoms with Crippen LogP contribution in [0.1, 0.15) is 18.4 Å². The van der Waals surface area contributed by atoms with E-state index >= 15 is 0 Å². The fourth-order valence-corrected chi connectivity index (χ4v) is 3.14. The maximum absolute atomic E-state index is 13.7. The Morgan fingerprint density at radius 1 is 1.44 bits per heavy atom. The van der Waals surface area contributed by atoms with E-state index in [0.717, 1.165) is 26.1 Å². The zero-order valence-electron chi connectivity index (χ0n) is 9.80. The Labute approximate surface area is 109 Å². The second-order valence-corrected chi connectivity index (χ2v) is 5.37. The molecule has 0 spiro atoms. The van der Waals surface area contributed by atoms with Gasteiger partial charge in [-0.2, -0.15) is 0 Å². The Balaban J connectivity index is 2.23. The number of nitrogens with two attached hydrogens (primary N) is 1. The number of amidine groups is 1. The van der Waals surface area contributed by atoms with E-state index in [1.54, 1.807) is 23.9 Å². The molecule has 1 heterocycles. The third-order valence-electron chi connectivity index (χ3n) is 2.80. The molecule has 0 aromatic heterocycles. The summed E-state index contributed by atoms with van der Waals surface area (Å²) in [6, 6.07) is 4.73. The van der Waals surface area contributed by atoms with E-state index in [4.69, 9.17) is 15.7 Å². The molecule has 0 saturated carbocycles. The minimum Gasteiger partial charge on any atom is -0.409 e. The standard InChI is InChI=1S/C12H15FN2O2S/c13-9-2-1-3-10(11(9)12(14)15-16)18-8-4-6-17-7-5-8/h1-3,8,16H,4-7H2,(H2,14,15). The topological polar surface area (TPSA) is 67.8 Å². The molecule has 98 valence electrons. The molecule has 0 aliphatic carbocycles. The molecule has 18 heavy (non-hydrogen) atoms. The van der Waals surface area contributed by atoms with Gasteiger partial charge in [-0.3, -0.25) is 0 Å². The minimum absolute atomic E-state index is 0.177. The normalized spacial score (nSPS) is 17.9. The second kappa shape index (κ2) is 6.06. The van der Waals surface area contributed by atoms with E-state index in [2.05, 4.69) is 5.16 Å². The molecule has 1 aromatic carbocycles. The fourth-order valence-electron chi connectivity index (χ4n) is 1.87. The first-order chi connectivity index (χ1) is 8.72. The highest BCUT2D eigenvalue weighted by atomic mass is 32.2. The summed E-state index contributed by atoms with van der Waals surface area (Å²) >= 11 is 1.56. The molecule has 1 saturated heterocycles. The Morgan fingerprint density at radius 3 is 2.83 bits per heavy atom. The van der Waals surface area contributed by atoms with E-state index in [1.165, 1.54) is 6.07 Å². The van der Waals surface area contributed by atoms with Crippen molar-refractivity contribution in [2.24, 2.45) is 10.9 Å². The number of thioether (sulfide) groups is 1. The Hall–Kier alpha value is -1.27. The maximum atomic E-state index is 13.7. The lowest BCUT2D eigenvalue weighted by atomic mass is 10.2. The van der Waals surface area contributed by atoms with Crippen LogP contribution in [0.3, 0.4) is 0 Å². The van der Waals surface area contributed by atoms with E-state index < -0.39 is 5.82 Å². The van der Waals surface area contributed by atoms with Gasteiger partial charge in [0.1, 0.15) is 5.82 Å². The van der Waals surface area contributed by atoms with E-state index in [9.17, 15) is 4.39 Å². The average molecular weight is 270 g/mol. The lowest BCUT2D eigenvalue weighted by Crippen LogP contribution is -2.20. The highest BCUT2D eigenvalue weighted by Gasteiger charge is 2.19. The van der Waals surface area contributed by atoms with Crippen LogP contribution in [-0.4, -0.2) is 29.5 Å². The summed E-state index contributed by atoms with van der Waals surface area (Å²) in [5, 5.41) is 12.0. The Bertz CT molecular complexity index is 448. The van der Waals surface area contributed by atoms with E-state index in [-0.39, 0.29) is 11.4 Å². The van der Waals surface area contributed by atoms with Crippen LogP contribution in [0.4, 0.5) is 4.39 Å². The summed E-state index contributed by atoms with van der Waals surface area (Å²) in [6.45, 7) is 1.46. The van der Waals surface area contributed by atoms with Gasteiger partial charge < -0.3 is 15.7 Å². The number of hydrogen-bond acceptors (Lipinski definition) is 4. The molecule has 2 rings (SSSR count). The van der Waals surface area contributed by atoms with Crippen LogP contribution in [-0.2, 0) is 4.74 Å². The number of benzene rings is 1. The van der Waals surface area contributed by atoms with Crippen LogP contribution in [0, 0.1) is 5.82 Å². The predicted octanol–water partition coefficient (Wildman–Crippen LogP) is 2.19. The van der Waals surface area contributed by atoms with Gasteiger partial charge in [0.05, 0.1) is 5.56 Å². The van der Waals surface area contributed by atoms with Crippen LogP contribution in [0.2, 0.25) is 0 Å². The molecular weight excluding hydrogens is 255 g/mol. The first kappa shape index (κ1) is 13.2. The van der Waals surface area contributed by atoms with Gasteiger partial charge in [0.25, 0.3) is 0 Å². The van der Waals surface area contributed by atoms with Gasteiger partial charge in [-0.1, -0.05) is 11.2 Å². The molecule has 0 amide bonds. The van der Waals surface area contributed by atoms with Gasteiger partial charge in [0.15, 0.2) is 5.84 Å². The van der Waals surface area contributed by atoms with Gasteiger partial charge in [-0.15, -0.1) is 11.8 Å². The summed E-state index contributed by atoms with van der Waals surface area (Å²) in [7, 11) is 0. The SMILES string of the molecule is NC(=NO)c1c(F)cccc1SC1CCOCC1. The highest BCUT2D eigenvalue weighted by molar-refractivity contribution is 8.00. The first-order valence-electron chi connectivity index (χ1n) is 5.73. The van der Waals surface area contributed by atoms with Crippen LogP contribution < -0.4 is 5.73 Å². The average Bonchev–Trinajstić information content (AvgIpc) is 2.39. The van der Waals surface area contributed by atoms with Crippen molar-refractivity contribution in [3.05, 3.63) is 29.6 Å². The Kier molecular flexibility index (Phi) is 4.43. The van der Waals surface area contributed by atoms with E-state index in [0.29, 0.717) is 10.1 Å². The number of hydrogen-bond donors (Lipinski definition) is 2. The van der Waals surface area contributed by atoms with Crippen LogP contribution in [0.15, 0.2) is 28.3 Å². The number of halogens is 1. The smallest absolute Gasteiger partial charge is 0.174 e. The molecule has 1 fully saturated rings. The van der Waals surface area contributed by atoms with E-state index in [1.807, 2.05) is 0 Å². The second-order valence-electron chi connectivity index (χ2n) is 4.03. The lowest BCUT2D eigenvalue weighted by Gasteiger charge is -2.22. The molecule has 1 aliphatic rings. The third kappa shape index (κ3) is 2.94. The molecule has 1 aliphatic heterocycles. The molecule has 0 bridgehead atoms. The van der Waals surface area contributed by atoms with Gasteiger partial charge in [-0.05, 0) is 25.0 Å². The third-order valence-corrected chi connectivity index (χ3v) is 4.20. The fraction of sp³-hybridized carbons (Fsp3) is 0.417. The van der Waals surface area contributed by atoms with Crippen molar-refractivity contribution in [1.82, 2.24) is 0 Å². The predicted molar refractivity (Wildman–Crippen MR) is 68.6 cm³/mol. The summed E-state index contributed by atoms with van der Waals surface area (Å²) in [4.78, 5) is 0.706. The molecule has 1 aromatic rings. The van der Waals surface area contributed by atoms with Crippen molar-refractivity contribution in [1.29, 1.82) is 0 Å². The molecule has 0 unspecified atom stereocenters. The maximum Gasteiger partial charge on any atom is 0.174 e. The summed E-state index contributed by atoms with van der Waals surface area (Å²) in [5.41, 5.74) is 5.70. The van der Waals surface area contributed by atoms with Gasteiger partial charge in [0, 0.05) is 23.4 Å². The largest absolute Gasteiger partial charge is 0.409 e. The molecule has 0 atom stereocenters. The van der Waals surface area contributed by atoms with Crippen molar-refractivity contribution >= 4 is 17.6 Å². The van der Waals surface area contributed by atoms with Crippen LogP contribution >= 0.6 is 11.8 Å². The molecular formula is C12H15FN2O2S. The number of ether oxygens (including phenoxy) is 1. The Morgan fingerprint density at radius 2 is 2.17 bits per heavy atom. The van der Waals surface area contributed by atoms with Crippen LogP contribution in [0.5, 0.6) is 0 Å². The number of oxime groups is 1. The molecule has 3 N–H and O–H groups in total. The number of rotatable bonds is 3. The van der Waals surface area contributed by atoms with Gasteiger partial charge in [0.2, 0.25) is 0 Å². The summed E-state index contributed by atoms with van der Waals surface area (Å²) in [5.74, 6) is -0.662. The zero-order chi connectivity index (χ0) is 13.0. The quantitative estimate of drug-likeness (QED) is 0.382. The van der Waals surface area contributed by atoms with Crippen LogP contribution in [0.25, 0.3) is 0 Å². The highest BCUT2D eigenvalue weighted by Crippen LogP contribution is 2.32. The van der Waals surface area contributed by atoms with Crippen molar-refractivity contribution < 1.29 is 14.3 Å². The van der Waals surface area contributed by atoms with Crippen molar-refractivity contribution in [3.63, 3.8) is 0 Å². The molecule has 6 heteroatoms. The summed E-state index contributed by atoms with van der Waals surface area (Å²) in [6.07, 6.45) is 1.85. The van der Waals surface area contributed by atoms with Gasteiger partial charge in [-0.25, -0.2) is 4.39 Å². The lowest BCUT2D eigenvalue weighted by molar-refractivity contribution is 0.100. The first-order valence-corrected chi connectivity index (χ1v) is 6.61. The molecule has 0 radical (unpaired) electrons. The van der Waals surface area contributed by atoms with Crippen molar-refractivity contribution in [3.8, 4) is 0 Å². The zero-order valence-corrected chi connectivity index (χ0v) is 10.6. The van der Waals surface area contributed by atoms with Gasteiger partial charge >= 0.3 is 0 Å². The monoisotopic (exact) mass is 270 g/mol. The van der Waals surface area contributed by atoms with Crippen molar-refractivity contribution in [2.75, 3.05) is 13.2 Å². The minimum atomic E-state index is -0.470. The molecule has 4 nitrogen and oxygen atoms in total.